The van der Waals surface area contributed by atoms with Gasteiger partial charge in [-0.1, -0.05) is 91.0 Å². The molecule has 2 aromatic heterocycles. The smallest absolute Gasteiger partial charge is 0.0716 e. The fourth-order valence-electron chi connectivity index (χ4n) is 3.44. The van der Waals surface area contributed by atoms with Crippen molar-refractivity contribution in [3.63, 3.8) is 0 Å². The van der Waals surface area contributed by atoms with Crippen LogP contribution in [0.25, 0.3) is 42.9 Å². The predicted molar refractivity (Wildman–Crippen MR) is 116 cm³/mol. The molecule has 0 fully saturated rings. The fraction of sp³-hybridized carbons (Fsp3) is 0. The zero-order valence-corrected chi connectivity index (χ0v) is 15.5. The van der Waals surface area contributed by atoms with Gasteiger partial charge in [0.2, 0.25) is 0 Å². The normalized spacial score (nSPS) is 11.0. The number of hydrogen-bond acceptors (Lipinski definition) is 2. The van der Waals surface area contributed by atoms with Gasteiger partial charge in [-0.15, -0.1) is 11.3 Å². The Balaban J connectivity index is 1.77. The molecule has 0 saturated carbocycles. The highest BCUT2D eigenvalue weighted by molar-refractivity contribution is 7.23. The molecule has 128 valence electrons. The molecule has 0 aliphatic carbocycles. The summed E-state index contributed by atoms with van der Waals surface area (Å²) in [6.45, 7) is 0. The van der Waals surface area contributed by atoms with E-state index in [0.29, 0.717) is 0 Å². The lowest BCUT2D eigenvalue weighted by molar-refractivity contribution is 1.36. The molecule has 0 radical (unpaired) electrons. The standard InChI is InChI=1S/C25H17NS/c1-4-10-18(11-5-1)22-16-23-21(17-26-22)24(19-12-6-2-7-13-19)25(27-23)20-14-8-3-9-15-20/h1-17H. The van der Waals surface area contributed by atoms with Crippen molar-refractivity contribution >= 4 is 21.4 Å². The topological polar surface area (TPSA) is 12.9 Å². The Morgan fingerprint density at radius 2 is 1.15 bits per heavy atom. The van der Waals surface area contributed by atoms with Crippen LogP contribution >= 0.6 is 11.3 Å². The molecule has 0 atom stereocenters. The molecule has 0 unspecified atom stereocenters. The highest BCUT2D eigenvalue weighted by Gasteiger charge is 2.16. The van der Waals surface area contributed by atoms with E-state index in [9.17, 15) is 0 Å². The second-order valence-corrected chi connectivity index (χ2v) is 7.52. The van der Waals surface area contributed by atoms with E-state index in [-0.39, 0.29) is 0 Å². The molecule has 2 heterocycles. The molecule has 1 nitrogen and oxygen atoms in total. The quantitative estimate of drug-likeness (QED) is 0.328. The van der Waals surface area contributed by atoms with Crippen LogP contribution in [0.3, 0.4) is 0 Å². The number of hydrogen-bond donors (Lipinski definition) is 0. The minimum absolute atomic E-state index is 1.02. The molecule has 0 saturated heterocycles. The summed E-state index contributed by atoms with van der Waals surface area (Å²) < 4.78 is 1.27. The first kappa shape index (κ1) is 16.0. The van der Waals surface area contributed by atoms with Gasteiger partial charge in [-0.05, 0) is 17.2 Å². The SMILES string of the molecule is c1ccc(-c2cc3sc(-c4ccccc4)c(-c4ccccc4)c3cn2)cc1. The number of benzene rings is 3. The lowest BCUT2D eigenvalue weighted by Gasteiger charge is -2.06. The van der Waals surface area contributed by atoms with Crippen LogP contribution < -0.4 is 0 Å². The van der Waals surface area contributed by atoms with Gasteiger partial charge in [0.1, 0.15) is 0 Å². The Morgan fingerprint density at radius 3 is 1.78 bits per heavy atom. The highest BCUT2D eigenvalue weighted by Crippen LogP contribution is 2.45. The monoisotopic (exact) mass is 363 g/mol. The van der Waals surface area contributed by atoms with Gasteiger partial charge in [0, 0.05) is 32.3 Å². The lowest BCUT2D eigenvalue weighted by atomic mass is 9.99. The van der Waals surface area contributed by atoms with Gasteiger partial charge in [-0.2, -0.15) is 0 Å². The summed E-state index contributed by atoms with van der Waals surface area (Å²) in [5.74, 6) is 0. The maximum Gasteiger partial charge on any atom is 0.0716 e. The van der Waals surface area contributed by atoms with Crippen LogP contribution in [0, 0.1) is 0 Å². The zero-order valence-electron chi connectivity index (χ0n) is 14.7. The molecule has 0 amide bonds. The van der Waals surface area contributed by atoms with Crippen LogP contribution in [0.4, 0.5) is 0 Å². The number of thiophene rings is 1. The number of fused-ring (bicyclic) bond motifs is 1. The largest absolute Gasteiger partial charge is 0.256 e. The second-order valence-electron chi connectivity index (χ2n) is 6.47. The molecule has 0 spiro atoms. The summed E-state index contributed by atoms with van der Waals surface area (Å²) in [5.41, 5.74) is 5.92. The van der Waals surface area contributed by atoms with Crippen molar-refractivity contribution in [3.05, 3.63) is 103 Å². The van der Waals surface area contributed by atoms with Gasteiger partial charge in [-0.3, -0.25) is 4.98 Å². The van der Waals surface area contributed by atoms with Crippen molar-refractivity contribution in [1.29, 1.82) is 0 Å². The first-order valence-corrected chi connectivity index (χ1v) is 9.80. The molecular weight excluding hydrogens is 346 g/mol. The van der Waals surface area contributed by atoms with Gasteiger partial charge in [0.25, 0.3) is 0 Å². The van der Waals surface area contributed by atoms with E-state index in [1.165, 1.54) is 31.7 Å². The molecular formula is C25H17NS. The van der Waals surface area contributed by atoms with E-state index in [1.54, 1.807) is 0 Å². The third kappa shape index (κ3) is 2.94. The second kappa shape index (κ2) is 6.82. The fourth-order valence-corrected chi connectivity index (χ4v) is 4.68. The van der Waals surface area contributed by atoms with E-state index >= 15 is 0 Å². The minimum atomic E-state index is 1.02. The molecule has 5 rings (SSSR count). The number of nitrogens with zero attached hydrogens (tertiary/aromatic N) is 1. The molecule has 2 heteroatoms. The van der Waals surface area contributed by atoms with E-state index < -0.39 is 0 Å². The third-order valence-corrected chi connectivity index (χ3v) is 5.94. The Morgan fingerprint density at radius 1 is 0.593 bits per heavy atom. The molecule has 5 aromatic rings. The lowest BCUT2D eigenvalue weighted by Crippen LogP contribution is -1.83. The Bertz CT molecular complexity index is 1190. The average Bonchev–Trinajstić information content (AvgIpc) is 3.14. The summed E-state index contributed by atoms with van der Waals surface area (Å²) in [5, 5.41) is 1.21. The maximum atomic E-state index is 4.78. The van der Waals surface area contributed by atoms with E-state index in [0.717, 1.165) is 11.3 Å². The van der Waals surface area contributed by atoms with Crippen LogP contribution in [0.5, 0.6) is 0 Å². The number of pyridine rings is 1. The van der Waals surface area contributed by atoms with E-state index in [1.807, 2.05) is 23.6 Å². The van der Waals surface area contributed by atoms with Crippen LogP contribution in [-0.2, 0) is 0 Å². The first-order valence-electron chi connectivity index (χ1n) is 8.99. The highest BCUT2D eigenvalue weighted by atomic mass is 32.1. The molecule has 0 bridgehead atoms. The summed E-state index contributed by atoms with van der Waals surface area (Å²) in [6.07, 6.45) is 2.03. The van der Waals surface area contributed by atoms with Crippen LogP contribution in [0.2, 0.25) is 0 Å². The van der Waals surface area contributed by atoms with Gasteiger partial charge in [0.15, 0.2) is 0 Å². The van der Waals surface area contributed by atoms with Crippen molar-refractivity contribution in [3.8, 4) is 32.8 Å². The zero-order chi connectivity index (χ0) is 18.1. The molecule has 0 aliphatic heterocycles. The Kier molecular flexibility index (Phi) is 4.04. The van der Waals surface area contributed by atoms with E-state index in [4.69, 9.17) is 4.98 Å². The van der Waals surface area contributed by atoms with Gasteiger partial charge >= 0.3 is 0 Å². The number of rotatable bonds is 3. The van der Waals surface area contributed by atoms with Crippen LogP contribution in [0.1, 0.15) is 0 Å². The summed E-state index contributed by atoms with van der Waals surface area (Å²) in [6, 6.07) is 33.8. The number of aromatic nitrogens is 1. The van der Waals surface area contributed by atoms with Crippen molar-refractivity contribution < 1.29 is 0 Å². The molecule has 3 aromatic carbocycles. The molecule has 27 heavy (non-hydrogen) atoms. The Labute approximate surface area is 162 Å². The average molecular weight is 363 g/mol. The summed E-state index contributed by atoms with van der Waals surface area (Å²) >= 11 is 1.84. The van der Waals surface area contributed by atoms with Gasteiger partial charge in [0.05, 0.1) is 5.69 Å². The van der Waals surface area contributed by atoms with Gasteiger partial charge < -0.3 is 0 Å². The third-order valence-electron chi connectivity index (χ3n) is 4.74. The summed E-state index contributed by atoms with van der Waals surface area (Å²) in [7, 11) is 0. The maximum absolute atomic E-state index is 4.78. The molecule has 0 aliphatic rings. The van der Waals surface area contributed by atoms with Crippen molar-refractivity contribution in [2.24, 2.45) is 0 Å². The predicted octanol–water partition coefficient (Wildman–Crippen LogP) is 7.30. The Hall–Kier alpha value is -3.23. The van der Waals surface area contributed by atoms with Crippen molar-refractivity contribution in [2.45, 2.75) is 0 Å². The first-order chi connectivity index (χ1) is 13.4. The summed E-state index contributed by atoms with van der Waals surface area (Å²) in [4.78, 5) is 6.07. The van der Waals surface area contributed by atoms with Gasteiger partial charge in [-0.25, -0.2) is 0 Å². The van der Waals surface area contributed by atoms with Crippen LogP contribution in [0.15, 0.2) is 103 Å². The molecule has 0 N–H and O–H groups in total. The van der Waals surface area contributed by atoms with Crippen LogP contribution in [-0.4, -0.2) is 4.98 Å². The van der Waals surface area contributed by atoms with E-state index in [2.05, 4.69) is 91.0 Å². The van der Waals surface area contributed by atoms with Crippen molar-refractivity contribution in [2.75, 3.05) is 0 Å². The minimum Gasteiger partial charge on any atom is -0.256 e. The van der Waals surface area contributed by atoms with Crippen molar-refractivity contribution in [1.82, 2.24) is 4.98 Å².